The Kier molecular flexibility index (Phi) is 4.74. The molecule has 1 heterocycles. The van der Waals surface area contributed by atoms with Gasteiger partial charge in [0.1, 0.15) is 0 Å². The molecule has 0 fully saturated rings. The van der Waals surface area contributed by atoms with Crippen LogP contribution in [0.5, 0.6) is 0 Å². The molecule has 0 spiro atoms. The average Bonchev–Trinajstić information content (AvgIpc) is 2.59. The molecule has 0 bridgehead atoms. The highest BCUT2D eigenvalue weighted by Crippen LogP contribution is 2.41. The number of benzene rings is 1. The largest absolute Gasteiger partial charge is 0.130 e. The lowest BCUT2D eigenvalue weighted by Gasteiger charge is -2.07. The summed E-state index contributed by atoms with van der Waals surface area (Å²) < 4.78 is 2.23. The van der Waals surface area contributed by atoms with Crippen molar-refractivity contribution < 1.29 is 0 Å². The smallest absolute Gasteiger partial charge is 0.0887 e. The van der Waals surface area contributed by atoms with Gasteiger partial charge in [-0.1, -0.05) is 39.7 Å². The predicted octanol–water partition coefficient (Wildman–Crippen LogP) is 6.25. The minimum absolute atomic E-state index is 0.207. The SMILES string of the molecule is Clc1cc(C(Br)c2ccc(I)cc2)sc1Br. The quantitative estimate of drug-likeness (QED) is 0.343. The lowest BCUT2D eigenvalue weighted by molar-refractivity contribution is 1.22. The first kappa shape index (κ1) is 13.3. The second-order valence-electron chi connectivity index (χ2n) is 3.18. The highest BCUT2D eigenvalue weighted by atomic mass is 127. The van der Waals surface area contributed by atoms with E-state index in [9.17, 15) is 0 Å². The van der Waals surface area contributed by atoms with E-state index in [-0.39, 0.29) is 4.83 Å². The van der Waals surface area contributed by atoms with Crippen molar-refractivity contribution in [2.75, 3.05) is 0 Å². The summed E-state index contributed by atoms with van der Waals surface area (Å²) in [5.74, 6) is 0. The Balaban J connectivity index is 2.31. The number of alkyl halides is 1. The molecule has 16 heavy (non-hydrogen) atoms. The molecular weight excluding hydrogens is 486 g/mol. The maximum atomic E-state index is 6.03. The number of halogens is 4. The standard InChI is InChI=1S/C11H6Br2ClIS/c12-10(6-1-3-7(15)4-2-6)9-5-8(14)11(13)16-9/h1-5,10H. The summed E-state index contributed by atoms with van der Waals surface area (Å²) in [4.78, 5) is 1.41. The van der Waals surface area contributed by atoms with Crippen LogP contribution >= 0.6 is 77.4 Å². The summed E-state index contributed by atoms with van der Waals surface area (Å²) in [5.41, 5.74) is 1.24. The van der Waals surface area contributed by atoms with Gasteiger partial charge in [0.25, 0.3) is 0 Å². The molecule has 0 radical (unpaired) electrons. The summed E-state index contributed by atoms with van der Waals surface area (Å²) in [6, 6.07) is 10.5. The van der Waals surface area contributed by atoms with Crippen molar-refractivity contribution in [1.82, 2.24) is 0 Å². The van der Waals surface area contributed by atoms with Crippen LogP contribution in [-0.4, -0.2) is 0 Å². The summed E-state index contributed by atoms with van der Waals surface area (Å²) in [7, 11) is 0. The van der Waals surface area contributed by atoms with Crippen molar-refractivity contribution in [1.29, 1.82) is 0 Å². The molecule has 1 atom stereocenters. The minimum Gasteiger partial charge on any atom is -0.130 e. The third-order valence-electron chi connectivity index (χ3n) is 2.08. The lowest BCUT2D eigenvalue weighted by Crippen LogP contribution is -1.88. The Morgan fingerprint density at radius 1 is 1.25 bits per heavy atom. The molecule has 1 aromatic heterocycles. The van der Waals surface area contributed by atoms with E-state index < -0.39 is 0 Å². The fraction of sp³-hybridized carbons (Fsp3) is 0.0909. The van der Waals surface area contributed by atoms with Crippen LogP contribution in [0.25, 0.3) is 0 Å². The summed E-state index contributed by atoms with van der Waals surface area (Å²) in [5, 5.41) is 0.773. The Morgan fingerprint density at radius 3 is 2.38 bits per heavy atom. The molecule has 0 saturated carbocycles. The maximum absolute atomic E-state index is 6.03. The Labute approximate surface area is 134 Å². The van der Waals surface area contributed by atoms with Crippen LogP contribution in [0, 0.1) is 3.57 Å². The van der Waals surface area contributed by atoms with Gasteiger partial charge in [0, 0.05) is 8.45 Å². The zero-order valence-corrected chi connectivity index (χ0v) is 14.8. The first-order chi connectivity index (χ1) is 7.58. The minimum atomic E-state index is 0.207. The van der Waals surface area contributed by atoms with Gasteiger partial charge >= 0.3 is 0 Å². The number of hydrogen-bond donors (Lipinski definition) is 0. The molecule has 2 aromatic rings. The van der Waals surface area contributed by atoms with E-state index in [0.717, 1.165) is 8.81 Å². The van der Waals surface area contributed by atoms with Crippen molar-refractivity contribution in [2.24, 2.45) is 0 Å². The Hall–Kier alpha value is 0.900. The van der Waals surface area contributed by atoms with Crippen molar-refractivity contribution in [3.05, 3.63) is 53.2 Å². The molecule has 1 aromatic carbocycles. The normalized spacial score (nSPS) is 12.8. The van der Waals surface area contributed by atoms with Gasteiger partial charge in [-0.2, -0.15) is 0 Å². The number of hydrogen-bond acceptors (Lipinski definition) is 1. The van der Waals surface area contributed by atoms with Gasteiger partial charge in [-0.25, -0.2) is 0 Å². The van der Waals surface area contributed by atoms with E-state index in [1.54, 1.807) is 11.3 Å². The molecule has 2 rings (SSSR count). The van der Waals surface area contributed by atoms with Crippen LogP contribution in [0.15, 0.2) is 34.1 Å². The van der Waals surface area contributed by atoms with Crippen molar-refractivity contribution in [2.45, 2.75) is 4.83 Å². The molecule has 5 heteroatoms. The highest BCUT2D eigenvalue weighted by molar-refractivity contribution is 14.1. The van der Waals surface area contributed by atoms with Crippen LogP contribution in [0.1, 0.15) is 15.3 Å². The van der Waals surface area contributed by atoms with Crippen LogP contribution in [0.3, 0.4) is 0 Å². The third kappa shape index (κ3) is 3.02. The lowest BCUT2D eigenvalue weighted by atomic mass is 10.1. The van der Waals surface area contributed by atoms with Crippen molar-refractivity contribution >= 4 is 77.4 Å². The van der Waals surface area contributed by atoms with Gasteiger partial charge in [-0.05, 0) is 62.3 Å². The van der Waals surface area contributed by atoms with E-state index >= 15 is 0 Å². The van der Waals surface area contributed by atoms with Gasteiger partial charge in [0.15, 0.2) is 0 Å². The van der Waals surface area contributed by atoms with Gasteiger partial charge in [0.2, 0.25) is 0 Å². The van der Waals surface area contributed by atoms with Gasteiger partial charge in [-0.15, -0.1) is 11.3 Å². The topological polar surface area (TPSA) is 0 Å². The molecule has 0 aliphatic rings. The maximum Gasteiger partial charge on any atom is 0.0887 e. The number of rotatable bonds is 2. The monoisotopic (exact) mass is 490 g/mol. The fourth-order valence-corrected chi connectivity index (χ4v) is 4.11. The zero-order valence-electron chi connectivity index (χ0n) is 7.88. The molecule has 0 aliphatic carbocycles. The van der Waals surface area contributed by atoms with E-state index in [0.29, 0.717) is 0 Å². The van der Waals surface area contributed by atoms with Gasteiger partial charge < -0.3 is 0 Å². The molecule has 0 nitrogen and oxygen atoms in total. The van der Waals surface area contributed by atoms with Crippen LogP contribution in [0.2, 0.25) is 5.02 Å². The molecule has 0 amide bonds. The van der Waals surface area contributed by atoms with Crippen LogP contribution in [0.4, 0.5) is 0 Å². The molecule has 0 aliphatic heterocycles. The predicted molar refractivity (Wildman–Crippen MR) is 87.0 cm³/mol. The molecule has 0 saturated heterocycles. The second-order valence-corrected chi connectivity index (χ2v) is 8.15. The second kappa shape index (κ2) is 5.69. The Morgan fingerprint density at radius 2 is 1.88 bits per heavy atom. The van der Waals surface area contributed by atoms with Crippen LogP contribution in [-0.2, 0) is 0 Å². The first-order valence-corrected chi connectivity index (χ1v) is 8.40. The van der Waals surface area contributed by atoms with E-state index in [4.69, 9.17) is 11.6 Å². The average molecular weight is 492 g/mol. The molecular formula is C11H6Br2ClIS. The van der Waals surface area contributed by atoms with E-state index in [2.05, 4.69) is 78.7 Å². The van der Waals surface area contributed by atoms with Crippen molar-refractivity contribution in [3.63, 3.8) is 0 Å². The van der Waals surface area contributed by atoms with Crippen molar-refractivity contribution in [3.8, 4) is 0 Å². The van der Waals surface area contributed by atoms with Gasteiger partial charge in [-0.3, -0.25) is 0 Å². The summed E-state index contributed by atoms with van der Waals surface area (Å²) in [6.07, 6.45) is 0. The first-order valence-electron chi connectivity index (χ1n) is 4.42. The third-order valence-corrected chi connectivity index (χ3v) is 6.66. The molecule has 0 N–H and O–H groups in total. The van der Waals surface area contributed by atoms with E-state index in [1.807, 2.05) is 6.07 Å². The van der Waals surface area contributed by atoms with Gasteiger partial charge in [0.05, 0.1) is 13.6 Å². The summed E-state index contributed by atoms with van der Waals surface area (Å²) in [6.45, 7) is 0. The van der Waals surface area contributed by atoms with Crippen LogP contribution < -0.4 is 0 Å². The molecule has 84 valence electrons. The van der Waals surface area contributed by atoms with E-state index in [1.165, 1.54) is 14.0 Å². The Bertz CT molecular complexity index is 476. The molecule has 1 unspecified atom stereocenters. The summed E-state index contributed by atoms with van der Waals surface area (Å²) >= 11 is 17.1. The highest BCUT2D eigenvalue weighted by Gasteiger charge is 2.14. The fourth-order valence-electron chi connectivity index (χ4n) is 1.28. The zero-order chi connectivity index (χ0) is 11.7. The number of thiophene rings is 1.